The number of rotatable bonds is 3. The molecule has 4 nitrogen and oxygen atoms in total. The third kappa shape index (κ3) is 2.76. The first-order valence-electron chi connectivity index (χ1n) is 6.05. The molecule has 1 heterocycles. The Kier molecular flexibility index (Phi) is 4.09. The Morgan fingerprint density at radius 2 is 2.22 bits per heavy atom. The molecule has 2 N–H and O–H groups in total. The highest BCUT2D eigenvalue weighted by Crippen LogP contribution is 2.30. The Balaban J connectivity index is 2.30. The highest BCUT2D eigenvalue weighted by atomic mass is 35.5. The van der Waals surface area contributed by atoms with E-state index in [9.17, 15) is 4.79 Å². The zero-order valence-electron chi connectivity index (χ0n) is 10.3. The van der Waals surface area contributed by atoms with Crippen molar-refractivity contribution in [2.45, 2.75) is 25.4 Å². The number of halogens is 1. The Bertz CT molecular complexity index is 439. The van der Waals surface area contributed by atoms with E-state index in [1.165, 1.54) is 0 Å². The number of hydrogen-bond donors (Lipinski definition) is 2. The minimum absolute atomic E-state index is 0.0638. The predicted molar refractivity (Wildman–Crippen MR) is 72.3 cm³/mol. The molecular weight excluding hydrogens is 252 g/mol. The summed E-state index contributed by atoms with van der Waals surface area (Å²) in [5.41, 5.74) is 0.916. The largest absolute Gasteiger partial charge is 0.481 e. The van der Waals surface area contributed by atoms with Gasteiger partial charge in [0.05, 0.1) is 23.2 Å². The minimum Gasteiger partial charge on any atom is -0.481 e. The highest BCUT2D eigenvalue weighted by molar-refractivity contribution is 6.33. The van der Waals surface area contributed by atoms with Crippen molar-refractivity contribution in [3.63, 3.8) is 0 Å². The van der Waals surface area contributed by atoms with Crippen molar-refractivity contribution < 1.29 is 9.90 Å². The maximum absolute atomic E-state index is 10.9. The fourth-order valence-corrected chi connectivity index (χ4v) is 2.72. The molecule has 2 atom stereocenters. The van der Waals surface area contributed by atoms with Gasteiger partial charge in [0.15, 0.2) is 0 Å². The number of hydrogen-bond acceptors (Lipinski definition) is 3. The maximum atomic E-state index is 10.9. The number of piperazine rings is 1. The number of anilines is 1. The van der Waals surface area contributed by atoms with Crippen molar-refractivity contribution in [1.29, 1.82) is 0 Å². The van der Waals surface area contributed by atoms with Crippen molar-refractivity contribution in [3.05, 3.63) is 29.3 Å². The third-order valence-corrected chi connectivity index (χ3v) is 3.55. The van der Waals surface area contributed by atoms with Crippen LogP contribution >= 0.6 is 11.6 Å². The van der Waals surface area contributed by atoms with Crippen LogP contribution in [-0.4, -0.2) is 36.2 Å². The molecule has 2 rings (SSSR count). The topological polar surface area (TPSA) is 52.6 Å². The van der Waals surface area contributed by atoms with Gasteiger partial charge >= 0.3 is 5.97 Å². The van der Waals surface area contributed by atoms with Crippen LogP contribution in [0.1, 0.15) is 13.3 Å². The van der Waals surface area contributed by atoms with Crippen LogP contribution in [0.25, 0.3) is 0 Å². The predicted octanol–water partition coefficient (Wildman–Crippen LogP) is 1.98. The van der Waals surface area contributed by atoms with Crippen LogP contribution in [0.5, 0.6) is 0 Å². The Morgan fingerprint density at radius 3 is 2.89 bits per heavy atom. The summed E-state index contributed by atoms with van der Waals surface area (Å²) < 4.78 is 0. The molecule has 0 radical (unpaired) electrons. The molecular formula is C13H17ClN2O2. The quantitative estimate of drug-likeness (QED) is 0.880. The summed E-state index contributed by atoms with van der Waals surface area (Å²) in [4.78, 5) is 13.1. The molecule has 0 spiro atoms. The summed E-state index contributed by atoms with van der Waals surface area (Å²) in [5, 5.41) is 12.9. The first-order chi connectivity index (χ1) is 8.59. The van der Waals surface area contributed by atoms with Gasteiger partial charge in [0, 0.05) is 19.1 Å². The molecule has 1 fully saturated rings. The van der Waals surface area contributed by atoms with Crippen LogP contribution in [0.3, 0.4) is 0 Å². The second kappa shape index (κ2) is 5.59. The van der Waals surface area contributed by atoms with Gasteiger partial charge < -0.3 is 15.3 Å². The number of carbonyl (C=O) groups is 1. The van der Waals surface area contributed by atoms with E-state index in [4.69, 9.17) is 16.7 Å². The lowest BCUT2D eigenvalue weighted by molar-refractivity contribution is -0.137. The molecule has 98 valence electrons. The van der Waals surface area contributed by atoms with E-state index < -0.39 is 5.97 Å². The summed E-state index contributed by atoms with van der Waals surface area (Å²) in [7, 11) is 0. The van der Waals surface area contributed by atoms with E-state index in [0.717, 1.165) is 12.2 Å². The standard InChI is InChI=1S/C13H17ClN2O2/c1-9-7-15-8-10(6-13(17)18)16(9)12-5-3-2-4-11(12)14/h2-5,9-10,15H,6-8H2,1H3,(H,17,18). The molecule has 0 bridgehead atoms. The molecule has 1 aromatic carbocycles. The van der Waals surface area contributed by atoms with Gasteiger partial charge in [-0.1, -0.05) is 23.7 Å². The van der Waals surface area contributed by atoms with E-state index >= 15 is 0 Å². The van der Waals surface area contributed by atoms with Gasteiger partial charge in [0.25, 0.3) is 0 Å². The first kappa shape index (κ1) is 13.2. The normalized spacial score (nSPS) is 24.0. The average molecular weight is 269 g/mol. The SMILES string of the molecule is CC1CNCC(CC(=O)O)N1c1ccccc1Cl. The Morgan fingerprint density at radius 1 is 1.50 bits per heavy atom. The Labute approximate surface area is 112 Å². The number of nitrogens with zero attached hydrogens (tertiary/aromatic N) is 1. The zero-order valence-corrected chi connectivity index (χ0v) is 11.0. The van der Waals surface area contributed by atoms with Gasteiger partial charge in [0.2, 0.25) is 0 Å². The highest BCUT2D eigenvalue weighted by Gasteiger charge is 2.30. The van der Waals surface area contributed by atoms with Crippen molar-refractivity contribution in [3.8, 4) is 0 Å². The zero-order chi connectivity index (χ0) is 13.1. The van der Waals surface area contributed by atoms with Crippen LogP contribution in [0.2, 0.25) is 5.02 Å². The molecule has 1 aliphatic rings. The van der Waals surface area contributed by atoms with E-state index in [-0.39, 0.29) is 18.5 Å². The van der Waals surface area contributed by atoms with Crippen molar-refractivity contribution in [2.24, 2.45) is 0 Å². The van der Waals surface area contributed by atoms with Crippen LogP contribution in [0.4, 0.5) is 5.69 Å². The third-order valence-electron chi connectivity index (χ3n) is 3.23. The summed E-state index contributed by atoms with van der Waals surface area (Å²) in [6.07, 6.45) is 0.114. The van der Waals surface area contributed by atoms with Crippen LogP contribution in [-0.2, 0) is 4.79 Å². The van der Waals surface area contributed by atoms with Crippen molar-refractivity contribution in [1.82, 2.24) is 5.32 Å². The smallest absolute Gasteiger partial charge is 0.305 e. The van der Waals surface area contributed by atoms with Crippen LogP contribution in [0, 0.1) is 0 Å². The molecule has 1 saturated heterocycles. The molecule has 0 saturated carbocycles. The van der Waals surface area contributed by atoms with Crippen molar-refractivity contribution in [2.75, 3.05) is 18.0 Å². The van der Waals surface area contributed by atoms with E-state index in [1.54, 1.807) is 0 Å². The number of benzene rings is 1. The minimum atomic E-state index is -0.784. The maximum Gasteiger partial charge on any atom is 0.305 e. The number of carboxylic acid groups (broad SMARTS) is 1. The monoisotopic (exact) mass is 268 g/mol. The molecule has 18 heavy (non-hydrogen) atoms. The summed E-state index contributed by atoms with van der Waals surface area (Å²) in [5.74, 6) is -0.784. The summed E-state index contributed by atoms with van der Waals surface area (Å²) in [6.45, 7) is 3.58. The van der Waals surface area contributed by atoms with Gasteiger partial charge in [-0.05, 0) is 19.1 Å². The van der Waals surface area contributed by atoms with Gasteiger partial charge in [-0.15, -0.1) is 0 Å². The summed E-state index contributed by atoms with van der Waals surface area (Å²) in [6, 6.07) is 7.75. The van der Waals surface area contributed by atoms with Crippen LogP contribution < -0.4 is 10.2 Å². The lowest BCUT2D eigenvalue weighted by atomic mass is 10.0. The molecule has 5 heteroatoms. The molecule has 0 amide bonds. The average Bonchev–Trinajstić information content (AvgIpc) is 2.30. The van der Waals surface area contributed by atoms with E-state index in [0.29, 0.717) is 11.6 Å². The molecule has 1 aromatic rings. The van der Waals surface area contributed by atoms with Gasteiger partial charge in [-0.25, -0.2) is 0 Å². The summed E-state index contributed by atoms with van der Waals surface area (Å²) >= 11 is 6.22. The lowest BCUT2D eigenvalue weighted by Gasteiger charge is -2.42. The van der Waals surface area contributed by atoms with E-state index in [1.807, 2.05) is 24.3 Å². The Hall–Kier alpha value is -1.26. The number of nitrogens with one attached hydrogen (secondary N) is 1. The molecule has 2 unspecified atom stereocenters. The first-order valence-corrected chi connectivity index (χ1v) is 6.42. The molecule has 1 aliphatic heterocycles. The van der Waals surface area contributed by atoms with E-state index in [2.05, 4.69) is 17.1 Å². The molecule has 0 aromatic heterocycles. The number of aliphatic carboxylic acids is 1. The lowest BCUT2D eigenvalue weighted by Crippen LogP contribution is -2.57. The van der Waals surface area contributed by atoms with Crippen LogP contribution in [0.15, 0.2) is 24.3 Å². The fourth-order valence-electron chi connectivity index (χ4n) is 2.48. The van der Waals surface area contributed by atoms with Gasteiger partial charge in [0.1, 0.15) is 0 Å². The fraction of sp³-hybridized carbons (Fsp3) is 0.462. The van der Waals surface area contributed by atoms with Gasteiger partial charge in [-0.2, -0.15) is 0 Å². The number of carboxylic acids is 1. The second-order valence-corrected chi connectivity index (χ2v) is 5.02. The van der Waals surface area contributed by atoms with Gasteiger partial charge in [-0.3, -0.25) is 4.79 Å². The molecule has 0 aliphatic carbocycles. The number of para-hydroxylation sites is 1. The second-order valence-electron chi connectivity index (χ2n) is 4.62. The van der Waals surface area contributed by atoms with Crippen molar-refractivity contribution >= 4 is 23.3 Å².